The van der Waals surface area contributed by atoms with Gasteiger partial charge in [0.25, 0.3) is 0 Å². The van der Waals surface area contributed by atoms with Crippen LogP contribution in [0.25, 0.3) is 0 Å². The zero-order valence-corrected chi connectivity index (χ0v) is 19.3. The average Bonchev–Trinajstić information content (AvgIpc) is 2.24. The molecule has 1 nitrogen and oxygen atoms in total. The van der Waals surface area contributed by atoms with Gasteiger partial charge in [-0.05, 0) is 5.19 Å². The molecule has 0 radical (unpaired) electrons. The lowest BCUT2D eigenvalue weighted by molar-refractivity contribution is 0.565. The van der Waals surface area contributed by atoms with Crippen molar-refractivity contribution in [1.29, 1.82) is 0 Å². The predicted octanol–water partition coefficient (Wildman–Crippen LogP) is 4.69. The Morgan fingerprint density at radius 3 is 1.33 bits per heavy atom. The lowest BCUT2D eigenvalue weighted by Gasteiger charge is -2.57. The molecule has 0 aromatic heterocycles. The van der Waals surface area contributed by atoms with Gasteiger partial charge in [-0.3, -0.25) is 0 Å². The van der Waals surface area contributed by atoms with Gasteiger partial charge >= 0.3 is 8.68 Å². The molecule has 0 bridgehead atoms. The van der Waals surface area contributed by atoms with Crippen molar-refractivity contribution in [2.45, 2.75) is 62.8 Å². The molecule has 0 aliphatic heterocycles. The van der Waals surface area contributed by atoms with Crippen molar-refractivity contribution in [2.75, 3.05) is 0 Å². The van der Waals surface area contributed by atoms with Gasteiger partial charge in [0, 0.05) is 28.1 Å². The maximum Gasteiger partial charge on any atom is 0.309 e. The summed E-state index contributed by atoms with van der Waals surface area (Å²) >= 11 is 0. The molecule has 0 unspecified atom stereocenters. The van der Waals surface area contributed by atoms with Gasteiger partial charge in [-0.25, -0.2) is 0 Å². The molecule has 0 saturated carbocycles. The fourth-order valence-electron chi connectivity index (χ4n) is 5.20. The summed E-state index contributed by atoms with van der Waals surface area (Å²) in [4.78, 5) is 0. The molecule has 1 aromatic rings. The first kappa shape index (κ1) is 18.9. The van der Waals surface area contributed by atoms with Crippen LogP contribution in [0.15, 0.2) is 30.3 Å². The number of hydrogen-bond acceptors (Lipinski definition) is 1. The minimum Gasteiger partial charge on any atom is -0.383 e. The van der Waals surface area contributed by atoms with Crippen molar-refractivity contribution < 1.29 is 4.46 Å². The first-order chi connectivity index (χ1) is 9.27. The van der Waals surface area contributed by atoms with Gasteiger partial charge < -0.3 is 4.46 Å². The van der Waals surface area contributed by atoms with E-state index in [1.54, 1.807) is 0 Å². The lowest BCUT2D eigenvalue weighted by atomic mass is 10.4. The SMILES string of the molecule is C[Si](C)(C)C([Si](=O)c1ccccc1)([Si](C)(C)C)[Si](C)(C)C. The van der Waals surface area contributed by atoms with Crippen LogP contribution in [0.1, 0.15) is 0 Å². The van der Waals surface area contributed by atoms with E-state index in [1.165, 1.54) is 0 Å². The second-order valence-electron chi connectivity index (χ2n) is 9.20. The zero-order chi connectivity index (χ0) is 16.7. The summed E-state index contributed by atoms with van der Waals surface area (Å²) in [5.74, 6) is 0. The van der Waals surface area contributed by atoms with E-state index >= 15 is 0 Å². The number of rotatable bonds is 5. The van der Waals surface area contributed by atoms with Gasteiger partial charge in [-0.15, -0.1) is 0 Å². The smallest absolute Gasteiger partial charge is 0.309 e. The molecule has 0 aliphatic rings. The lowest BCUT2D eigenvalue weighted by Crippen LogP contribution is -2.72. The highest BCUT2D eigenvalue weighted by Gasteiger charge is 2.64. The third kappa shape index (κ3) is 3.16. The Hall–Kier alpha value is -0.112. The van der Waals surface area contributed by atoms with Gasteiger partial charge in [-0.2, -0.15) is 0 Å². The van der Waals surface area contributed by atoms with E-state index in [1.807, 2.05) is 18.2 Å². The Balaban J connectivity index is 3.72. The van der Waals surface area contributed by atoms with Crippen LogP contribution in [0, 0.1) is 0 Å². The van der Waals surface area contributed by atoms with E-state index < -0.39 is 32.9 Å². The Labute approximate surface area is 135 Å². The molecule has 0 amide bonds. The number of benzene rings is 1. The average molecular weight is 353 g/mol. The predicted molar refractivity (Wildman–Crippen MR) is 105 cm³/mol. The third-order valence-corrected chi connectivity index (χ3v) is 35.3. The number of hydrogen-bond donors (Lipinski definition) is 0. The molecule has 0 fully saturated rings. The van der Waals surface area contributed by atoms with Crippen molar-refractivity contribution in [1.82, 2.24) is 0 Å². The molecule has 0 aliphatic carbocycles. The van der Waals surface area contributed by atoms with E-state index in [9.17, 15) is 4.46 Å². The van der Waals surface area contributed by atoms with E-state index in [4.69, 9.17) is 0 Å². The molecule has 1 rings (SSSR count). The monoisotopic (exact) mass is 352 g/mol. The van der Waals surface area contributed by atoms with Crippen LogP contribution in [0.2, 0.25) is 62.8 Å². The maximum atomic E-state index is 13.9. The van der Waals surface area contributed by atoms with Crippen LogP contribution < -0.4 is 5.19 Å². The highest BCUT2D eigenvalue weighted by Crippen LogP contribution is 2.53. The minimum absolute atomic E-state index is 0.138. The third-order valence-electron chi connectivity index (χ3n) is 4.75. The van der Waals surface area contributed by atoms with E-state index in [-0.39, 0.29) is 3.91 Å². The maximum absolute atomic E-state index is 13.9. The van der Waals surface area contributed by atoms with Gasteiger partial charge in [0.1, 0.15) is 0 Å². The quantitative estimate of drug-likeness (QED) is 0.703. The normalized spacial score (nSPS) is 14.1. The molecule has 0 saturated heterocycles. The largest absolute Gasteiger partial charge is 0.383 e. The Morgan fingerprint density at radius 2 is 1.05 bits per heavy atom. The summed E-state index contributed by atoms with van der Waals surface area (Å²) in [6.07, 6.45) is 0. The molecule has 0 heterocycles. The molecular weight excluding hydrogens is 321 g/mol. The molecule has 0 spiro atoms. The molecule has 0 N–H and O–H groups in total. The van der Waals surface area contributed by atoms with E-state index in [2.05, 4.69) is 71.1 Å². The van der Waals surface area contributed by atoms with E-state index in [0.717, 1.165) is 5.19 Å². The molecular formula is C16H32OSi4. The molecule has 1 aromatic carbocycles. The second kappa shape index (κ2) is 5.83. The van der Waals surface area contributed by atoms with Crippen LogP contribution in [0.5, 0.6) is 0 Å². The van der Waals surface area contributed by atoms with Gasteiger partial charge in [0.15, 0.2) is 0 Å². The zero-order valence-electron chi connectivity index (χ0n) is 15.3. The van der Waals surface area contributed by atoms with Gasteiger partial charge in [0.2, 0.25) is 0 Å². The van der Waals surface area contributed by atoms with Crippen LogP contribution in [-0.2, 0) is 4.46 Å². The molecule has 5 heteroatoms. The van der Waals surface area contributed by atoms with Crippen LogP contribution in [0.4, 0.5) is 0 Å². The summed E-state index contributed by atoms with van der Waals surface area (Å²) in [6, 6.07) is 10.3. The first-order valence-electron chi connectivity index (χ1n) is 7.86. The summed E-state index contributed by atoms with van der Waals surface area (Å²) in [7, 11) is -6.59. The van der Waals surface area contributed by atoms with Crippen molar-refractivity contribution in [3.8, 4) is 0 Å². The summed E-state index contributed by atoms with van der Waals surface area (Å²) in [5, 5.41) is 1.11. The summed E-state index contributed by atoms with van der Waals surface area (Å²) in [5.41, 5.74) is 0. The van der Waals surface area contributed by atoms with Crippen LogP contribution in [0.3, 0.4) is 0 Å². The molecule has 0 atom stereocenters. The molecule has 118 valence electrons. The minimum atomic E-state index is -1.80. The Morgan fingerprint density at radius 1 is 0.714 bits per heavy atom. The van der Waals surface area contributed by atoms with Crippen molar-refractivity contribution in [3.05, 3.63) is 30.3 Å². The van der Waals surface area contributed by atoms with Crippen LogP contribution >= 0.6 is 0 Å². The van der Waals surface area contributed by atoms with Crippen LogP contribution in [-0.4, -0.2) is 32.9 Å². The summed E-state index contributed by atoms with van der Waals surface area (Å²) < 4.78 is 14.0. The second-order valence-corrected chi connectivity index (χ2v) is 29.9. The van der Waals surface area contributed by atoms with Crippen molar-refractivity contribution in [3.63, 3.8) is 0 Å². The Bertz CT molecular complexity index is 468. The highest BCUT2D eigenvalue weighted by atomic mass is 28.5. The standard InChI is InChI=1S/C16H32OSi4/c1-19(2,3)16(20(4,5)6,21(7,8)9)18(17)15-13-11-10-12-14-15/h10-14H,1-9H3. The van der Waals surface area contributed by atoms with Crippen molar-refractivity contribution >= 4 is 38.1 Å². The highest BCUT2D eigenvalue weighted by molar-refractivity contribution is 7.25. The summed E-state index contributed by atoms with van der Waals surface area (Å²) in [6.45, 7) is 22.1. The van der Waals surface area contributed by atoms with Gasteiger partial charge in [0.05, 0.1) is 0 Å². The molecule has 21 heavy (non-hydrogen) atoms. The topological polar surface area (TPSA) is 17.1 Å². The first-order valence-corrected chi connectivity index (χ1v) is 19.8. The fourth-order valence-corrected chi connectivity index (χ4v) is 42.6. The van der Waals surface area contributed by atoms with Gasteiger partial charge in [-0.1, -0.05) is 89.3 Å². The van der Waals surface area contributed by atoms with Crippen molar-refractivity contribution in [2.24, 2.45) is 0 Å². The van der Waals surface area contributed by atoms with E-state index in [0.29, 0.717) is 0 Å². The fraction of sp³-hybridized carbons (Fsp3) is 0.625. The Kier molecular flexibility index (Phi) is 5.26.